The van der Waals surface area contributed by atoms with E-state index in [9.17, 15) is 13.2 Å². The molecule has 0 aliphatic rings. The Kier molecular flexibility index (Phi) is 5.54. The average Bonchev–Trinajstić information content (AvgIpc) is 2.39. The molecule has 0 spiro atoms. The Morgan fingerprint density at radius 3 is 2.48 bits per heavy atom. The number of ether oxygens (including phenoxy) is 1. The maximum absolute atomic E-state index is 12.4. The van der Waals surface area contributed by atoms with Gasteiger partial charge in [-0.15, -0.1) is 0 Å². The molecule has 1 rings (SSSR count). The van der Waals surface area contributed by atoms with Gasteiger partial charge >= 0.3 is 5.97 Å². The van der Waals surface area contributed by atoms with E-state index in [4.69, 9.17) is 9.84 Å². The summed E-state index contributed by atoms with van der Waals surface area (Å²) < 4.78 is 32.7. The smallest absolute Gasteiger partial charge is 0.335 e. The topological polar surface area (TPSA) is 92.7 Å². The first-order valence-corrected chi connectivity index (χ1v) is 8.36. The van der Waals surface area contributed by atoms with E-state index >= 15 is 0 Å². The lowest BCUT2D eigenvalue weighted by atomic mass is 10.1. The molecular formula is C13H18BrNO5S. The van der Waals surface area contributed by atoms with E-state index in [2.05, 4.69) is 20.7 Å². The molecule has 0 saturated carbocycles. The molecule has 0 aromatic heterocycles. The molecule has 118 valence electrons. The molecule has 0 unspecified atom stereocenters. The largest absolute Gasteiger partial charge is 0.478 e. The quantitative estimate of drug-likeness (QED) is 0.789. The number of halogens is 1. The number of carboxylic acid groups (broad SMARTS) is 1. The van der Waals surface area contributed by atoms with Gasteiger partial charge in [-0.1, -0.05) is 15.9 Å². The van der Waals surface area contributed by atoms with Crippen LogP contribution in [0.3, 0.4) is 0 Å². The Morgan fingerprint density at radius 2 is 2.00 bits per heavy atom. The monoisotopic (exact) mass is 379 g/mol. The molecule has 0 heterocycles. The van der Waals surface area contributed by atoms with Crippen molar-refractivity contribution in [2.75, 3.05) is 13.7 Å². The fourth-order valence-corrected chi connectivity index (χ4v) is 3.55. The number of hydrogen-bond donors (Lipinski definition) is 2. The molecule has 21 heavy (non-hydrogen) atoms. The number of methoxy groups -OCH3 is 1. The van der Waals surface area contributed by atoms with Gasteiger partial charge in [0.25, 0.3) is 0 Å². The summed E-state index contributed by atoms with van der Waals surface area (Å²) in [7, 11) is -2.35. The molecule has 1 aromatic carbocycles. The van der Waals surface area contributed by atoms with Crippen LogP contribution in [0.1, 0.15) is 29.8 Å². The summed E-state index contributed by atoms with van der Waals surface area (Å²) in [4.78, 5) is 11.0. The minimum atomic E-state index is -3.84. The summed E-state index contributed by atoms with van der Waals surface area (Å²) in [5.41, 5.74) is -0.315. The van der Waals surface area contributed by atoms with Crippen LogP contribution in [0.5, 0.6) is 0 Å². The van der Waals surface area contributed by atoms with Crippen molar-refractivity contribution in [1.82, 2.24) is 4.72 Å². The summed E-state index contributed by atoms with van der Waals surface area (Å²) in [6.07, 6.45) is 0. The van der Waals surface area contributed by atoms with Gasteiger partial charge < -0.3 is 9.84 Å². The van der Waals surface area contributed by atoms with Gasteiger partial charge in [-0.2, -0.15) is 0 Å². The van der Waals surface area contributed by atoms with Crippen LogP contribution in [0.4, 0.5) is 0 Å². The van der Waals surface area contributed by atoms with Crippen LogP contribution >= 0.6 is 15.9 Å². The Hall–Kier alpha value is -0.960. The van der Waals surface area contributed by atoms with E-state index < -0.39 is 21.6 Å². The average molecular weight is 380 g/mol. The first-order valence-electron chi connectivity index (χ1n) is 6.08. The molecule has 0 bridgehead atoms. The van der Waals surface area contributed by atoms with Crippen LogP contribution in [-0.4, -0.2) is 38.7 Å². The molecule has 0 atom stereocenters. The van der Waals surface area contributed by atoms with Crippen LogP contribution in [0.25, 0.3) is 0 Å². The van der Waals surface area contributed by atoms with Gasteiger partial charge in [-0.25, -0.2) is 17.9 Å². The second-order valence-electron chi connectivity index (χ2n) is 5.17. The van der Waals surface area contributed by atoms with Crippen LogP contribution in [0.15, 0.2) is 21.5 Å². The third kappa shape index (κ3) is 4.50. The molecule has 0 saturated heterocycles. The summed E-state index contributed by atoms with van der Waals surface area (Å²) in [6, 6.07) is 2.51. The third-order valence-corrected chi connectivity index (χ3v) is 5.42. The zero-order valence-corrected chi connectivity index (χ0v) is 14.6. The normalized spacial score (nSPS) is 12.4. The number of benzene rings is 1. The minimum Gasteiger partial charge on any atom is -0.478 e. The van der Waals surface area contributed by atoms with Crippen LogP contribution in [0, 0.1) is 6.92 Å². The zero-order valence-electron chi connectivity index (χ0n) is 12.2. The van der Waals surface area contributed by atoms with E-state index in [1.807, 2.05) is 0 Å². The fourth-order valence-electron chi connectivity index (χ4n) is 1.47. The number of hydrogen-bond acceptors (Lipinski definition) is 4. The molecule has 0 radical (unpaired) electrons. The highest BCUT2D eigenvalue weighted by atomic mass is 79.9. The van der Waals surface area contributed by atoms with Gasteiger partial charge in [0.05, 0.1) is 16.1 Å². The van der Waals surface area contributed by atoms with E-state index in [1.54, 1.807) is 20.8 Å². The molecule has 0 aliphatic heterocycles. The second-order valence-corrected chi connectivity index (χ2v) is 7.76. The Labute approximate surface area is 132 Å². The summed E-state index contributed by atoms with van der Waals surface area (Å²) in [5, 5.41) is 9.03. The molecule has 2 N–H and O–H groups in total. The minimum absolute atomic E-state index is 0.0684. The molecule has 8 heteroatoms. The maximum Gasteiger partial charge on any atom is 0.335 e. The van der Waals surface area contributed by atoms with E-state index in [0.717, 1.165) is 6.07 Å². The highest BCUT2D eigenvalue weighted by molar-refractivity contribution is 9.10. The Bertz CT molecular complexity index is 655. The molecule has 1 aromatic rings. The highest BCUT2D eigenvalue weighted by Gasteiger charge is 2.25. The molecular weight excluding hydrogens is 362 g/mol. The number of carboxylic acids is 1. The van der Waals surface area contributed by atoms with Crippen molar-refractivity contribution in [3.8, 4) is 0 Å². The number of nitrogens with one attached hydrogen (secondary N) is 1. The van der Waals surface area contributed by atoms with E-state index in [-0.39, 0.29) is 17.0 Å². The van der Waals surface area contributed by atoms with Crippen molar-refractivity contribution >= 4 is 31.9 Å². The lowest BCUT2D eigenvalue weighted by Gasteiger charge is -2.23. The predicted molar refractivity (Wildman–Crippen MR) is 82.1 cm³/mol. The fraction of sp³-hybridized carbons (Fsp3) is 0.462. The third-order valence-electron chi connectivity index (χ3n) is 3.07. The first kappa shape index (κ1) is 18.1. The number of rotatable bonds is 6. The van der Waals surface area contributed by atoms with E-state index in [0.29, 0.717) is 10.0 Å². The van der Waals surface area contributed by atoms with Crippen LogP contribution in [0.2, 0.25) is 0 Å². The molecule has 6 nitrogen and oxygen atoms in total. The van der Waals surface area contributed by atoms with Gasteiger partial charge in [0, 0.05) is 18.1 Å². The predicted octanol–water partition coefficient (Wildman–Crippen LogP) is 2.16. The molecule has 0 aliphatic carbocycles. The lowest BCUT2D eigenvalue weighted by Crippen LogP contribution is -2.39. The van der Waals surface area contributed by atoms with Gasteiger partial charge in [0.1, 0.15) is 0 Å². The first-order chi connectivity index (χ1) is 9.50. The van der Waals surface area contributed by atoms with Crippen molar-refractivity contribution in [3.63, 3.8) is 0 Å². The lowest BCUT2D eigenvalue weighted by molar-refractivity contribution is 0.0276. The van der Waals surface area contributed by atoms with Gasteiger partial charge in [0.15, 0.2) is 0 Å². The summed E-state index contributed by atoms with van der Waals surface area (Å²) >= 11 is 3.18. The number of sulfonamides is 1. The maximum atomic E-state index is 12.4. The summed E-state index contributed by atoms with van der Waals surface area (Å²) in [6.45, 7) is 5.16. The summed E-state index contributed by atoms with van der Waals surface area (Å²) in [5.74, 6) is -1.19. The Balaban J connectivity index is 3.22. The highest BCUT2D eigenvalue weighted by Crippen LogP contribution is 2.26. The van der Waals surface area contributed by atoms with Gasteiger partial charge in [-0.3, -0.25) is 0 Å². The number of aromatic carboxylic acids is 1. The van der Waals surface area contributed by atoms with Gasteiger partial charge in [0.2, 0.25) is 10.0 Å². The van der Waals surface area contributed by atoms with Crippen LogP contribution < -0.4 is 4.72 Å². The SMILES string of the molecule is COC(C)(C)CNS(=O)(=O)c1cc(C(=O)O)cc(Br)c1C. The molecule has 0 amide bonds. The van der Waals surface area contributed by atoms with Crippen molar-refractivity contribution < 1.29 is 23.1 Å². The number of carbonyl (C=O) groups is 1. The van der Waals surface area contributed by atoms with Crippen molar-refractivity contribution in [2.45, 2.75) is 31.3 Å². The van der Waals surface area contributed by atoms with Crippen LogP contribution in [-0.2, 0) is 14.8 Å². The second kappa shape index (κ2) is 6.43. The van der Waals surface area contributed by atoms with E-state index in [1.165, 1.54) is 13.2 Å². The van der Waals surface area contributed by atoms with Crippen molar-refractivity contribution in [2.24, 2.45) is 0 Å². The standard InChI is InChI=1S/C13H18BrNO5S/c1-8-10(14)5-9(12(16)17)6-11(8)21(18,19)15-7-13(2,3)20-4/h5-6,15H,7H2,1-4H3,(H,16,17). The molecule has 0 fully saturated rings. The van der Waals surface area contributed by atoms with Crippen molar-refractivity contribution in [1.29, 1.82) is 0 Å². The van der Waals surface area contributed by atoms with Gasteiger partial charge in [-0.05, 0) is 38.5 Å². The Morgan fingerprint density at radius 1 is 1.43 bits per heavy atom. The zero-order chi connectivity index (χ0) is 16.4. The van der Waals surface area contributed by atoms with Crippen molar-refractivity contribution in [3.05, 3.63) is 27.7 Å².